The van der Waals surface area contributed by atoms with Gasteiger partial charge in [-0.3, -0.25) is 33.6 Å². The molecule has 0 saturated heterocycles. The summed E-state index contributed by atoms with van der Waals surface area (Å²) >= 11 is 0. The first kappa shape index (κ1) is 33.4. The molecule has 0 aromatic carbocycles. The molecule has 0 aliphatic heterocycles. The van der Waals surface area contributed by atoms with Crippen molar-refractivity contribution in [3.63, 3.8) is 0 Å². The van der Waals surface area contributed by atoms with Gasteiger partial charge in [-0.2, -0.15) is 0 Å². The number of carboxylic acids is 3. The van der Waals surface area contributed by atoms with E-state index < -0.39 is 72.6 Å². The minimum atomic E-state index is -1.41. The van der Waals surface area contributed by atoms with Gasteiger partial charge in [-0.1, -0.05) is 20.3 Å². The average Bonchev–Trinajstić information content (AvgIpc) is 2.81. The molecule has 0 rings (SSSR count). The predicted octanol–water partition coefficient (Wildman–Crippen LogP) is -0.742. The first-order valence-electron chi connectivity index (χ1n) is 12.0. The van der Waals surface area contributed by atoms with Crippen LogP contribution in [0.3, 0.4) is 0 Å². The monoisotopic (exact) mass is 530 g/mol. The number of amides is 3. The fourth-order valence-corrected chi connectivity index (χ4v) is 3.43. The Hall–Kier alpha value is -3.55. The zero-order valence-electron chi connectivity index (χ0n) is 21.5. The number of carboxylic acid groups (broad SMARTS) is 3. The van der Waals surface area contributed by atoms with Crippen LogP contribution in [0.15, 0.2) is 0 Å². The summed E-state index contributed by atoms with van der Waals surface area (Å²) in [6, 6.07) is -4.66. The maximum absolute atomic E-state index is 13.0. The molecule has 0 saturated carbocycles. The van der Waals surface area contributed by atoms with Crippen LogP contribution in [0.25, 0.3) is 0 Å². The maximum Gasteiger partial charge on any atom is 0.303 e. The van der Waals surface area contributed by atoms with E-state index in [0.717, 1.165) is 0 Å². The number of likely N-dealkylation sites (N-methyl/N-ethyl adjacent to an activating group) is 1. The zero-order valence-corrected chi connectivity index (χ0v) is 21.5. The Kier molecular flexibility index (Phi) is 15.4. The summed E-state index contributed by atoms with van der Waals surface area (Å²) in [5.74, 6) is -6.66. The van der Waals surface area contributed by atoms with Gasteiger partial charge < -0.3 is 36.6 Å². The van der Waals surface area contributed by atoms with Gasteiger partial charge in [0.15, 0.2) is 5.78 Å². The first-order chi connectivity index (χ1) is 17.2. The molecule has 210 valence electrons. The summed E-state index contributed by atoms with van der Waals surface area (Å²) < 4.78 is 0. The number of rotatable bonds is 19. The van der Waals surface area contributed by atoms with Gasteiger partial charge in [-0.15, -0.1) is 0 Å². The van der Waals surface area contributed by atoms with Gasteiger partial charge in [0.25, 0.3) is 0 Å². The number of carbonyl (C=O) groups excluding carboxylic acids is 4. The second kappa shape index (κ2) is 17.0. The molecule has 0 aromatic rings. The molecule has 0 aliphatic carbocycles. The molecule has 0 aliphatic rings. The highest BCUT2D eigenvalue weighted by molar-refractivity contribution is 5.95. The lowest BCUT2D eigenvalue weighted by Gasteiger charge is -2.27. The second-order valence-corrected chi connectivity index (χ2v) is 8.74. The van der Waals surface area contributed by atoms with Gasteiger partial charge in [0, 0.05) is 19.3 Å². The molecule has 5 atom stereocenters. The maximum atomic E-state index is 13.0. The van der Waals surface area contributed by atoms with Crippen molar-refractivity contribution in [3.8, 4) is 0 Å². The Morgan fingerprint density at radius 2 is 1.00 bits per heavy atom. The Labute approximate surface area is 214 Å². The van der Waals surface area contributed by atoms with Crippen LogP contribution in [0.4, 0.5) is 0 Å². The van der Waals surface area contributed by atoms with Crippen LogP contribution < -0.4 is 21.3 Å². The van der Waals surface area contributed by atoms with Crippen molar-refractivity contribution in [1.82, 2.24) is 21.3 Å². The van der Waals surface area contributed by atoms with E-state index in [2.05, 4.69) is 21.3 Å². The zero-order chi connectivity index (χ0) is 28.7. The largest absolute Gasteiger partial charge is 0.481 e. The molecule has 0 radical (unpaired) electrons. The Morgan fingerprint density at radius 1 is 0.649 bits per heavy atom. The lowest BCUT2D eigenvalue weighted by molar-refractivity contribution is -0.140. The SMILES string of the molecule is CCC(C)C(NC(=O)C(CCC(=O)O)NC(=O)C(CCC(=O)O)NC(=O)C(CCC(=O)O)NC)C(C)=O. The van der Waals surface area contributed by atoms with Crippen molar-refractivity contribution in [2.45, 2.75) is 89.9 Å². The Balaban J connectivity index is 5.76. The number of nitrogens with one attached hydrogen (secondary N) is 4. The number of ketones is 1. The normalized spacial score (nSPS) is 14.8. The van der Waals surface area contributed by atoms with E-state index in [1.165, 1.54) is 14.0 Å². The highest BCUT2D eigenvalue weighted by Gasteiger charge is 2.31. The molecule has 3 amide bonds. The molecule has 5 unspecified atom stereocenters. The summed E-state index contributed by atoms with van der Waals surface area (Å²) in [6.07, 6.45) is -1.55. The molecular formula is C23H38N4O10. The van der Waals surface area contributed by atoms with E-state index in [1.807, 2.05) is 6.92 Å². The fourth-order valence-electron chi connectivity index (χ4n) is 3.43. The third-order valence-electron chi connectivity index (χ3n) is 5.82. The Morgan fingerprint density at radius 3 is 1.32 bits per heavy atom. The van der Waals surface area contributed by atoms with Gasteiger partial charge in [-0.05, 0) is 39.2 Å². The van der Waals surface area contributed by atoms with Crippen LogP contribution in [0.2, 0.25) is 0 Å². The minimum absolute atomic E-state index is 0.101. The van der Waals surface area contributed by atoms with Crippen molar-refractivity contribution in [2.75, 3.05) is 7.05 Å². The molecule has 0 fully saturated rings. The van der Waals surface area contributed by atoms with E-state index in [1.54, 1.807) is 6.92 Å². The highest BCUT2D eigenvalue weighted by Crippen LogP contribution is 2.11. The van der Waals surface area contributed by atoms with Crippen molar-refractivity contribution < 1.29 is 48.9 Å². The van der Waals surface area contributed by atoms with Crippen LogP contribution in [0.1, 0.15) is 65.7 Å². The average molecular weight is 531 g/mol. The lowest BCUT2D eigenvalue weighted by atomic mass is 9.95. The molecule has 14 nitrogen and oxygen atoms in total. The molecule has 0 spiro atoms. The summed E-state index contributed by atoms with van der Waals surface area (Å²) in [5.41, 5.74) is 0. The third kappa shape index (κ3) is 13.4. The number of hydrogen-bond acceptors (Lipinski definition) is 8. The van der Waals surface area contributed by atoms with Gasteiger partial charge in [0.2, 0.25) is 17.7 Å². The van der Waals surface area contributed by atoms with Crippen molar-refractivity contribution in [1.29, 1.82) is 0 Å². The van der Waals surface area contributed by atoms with E-state index in [9.17, 15) is 33.6 Å². The highest BCUT2D eigenvalue weighted by atomic mass is 16.4. The van der Waals surface area contributed by atoms with Gasteiger partial charge in [0.05, 0.1) is 12.1 Å². The molecule has 0 bridgehead atoms. The smallest absolute Gasteiger partial charge is 0.303 e. The van der Waals surface area contributed by atoms with Crippen LogP contribution in [0.5, 0.6) is 0 Å². The van der Waals surface area contributed by atoms with Crippen LogP contribution in [-0.2, 0) is 33.6 Å². The number of aliphatic carboxylic acids is 3. The van der Waals surface area contributed by atoms with E-state index in [0.29, 0.717) is 6.42 Å². The van der Waals surface area contributed by atoms with Gasteiger partial charge in [0.1, 0.15) is 12.1 Å². The van der Waals surface area contributed by atoms with Crippen molar-refractivity contribution >= 4 is 41.4 Å². The van der Waals surface area contributed by atoms with Crippen LogP contribution in [0, 0.1) is 5.92 Å². The molecule has 37 heavy (non-hydrogen) atoms. The minimum Gasteiger partial charge on any atom is -0.481 e. The molecule has 14 heteroatoms. The van der Waals surface area contributed by atoms with Crippen LogP contribution >= 0.6 is 0 Å². The van der Waals surface area contributed by atoms with E-state index in [4.69, 9.17) is 15.3 Å². The summed E-state index contributed by atoms with van der Waals surface area (Å²) in [4.78, 5) is 83.6. The van der Waals surface area contributed by atoms with Crippen molar-refractivity contribution in [2.24, 2.45) is 5.92 Å². The van der Waals surface area contributed by atoms with Gasteiger partial charge >= 0.3 is 17.9 Å². The van der Waals surface area contributed by atoms with Crippen LogP contribution in [-0.4, -0.2) is 87.9 Å². The van der Waals surface area contributed by atoms with E-state index >= 15 is 0 Å². The summed E-state index contributed by atoms with van der Waals surface area (Å²) in [6.45, 7) is 4.86. The predicted molar refractivity (Wildman–Crippen MR) is 129 cm³/mol. The fraction of sp³-hybridized carbons (Fsp3) is 0.696. The molecule has 7 N–H and O–H groups in total. The number of hydrogen-bond donors (Lipinski definition) is 7. The van der Waals surface area contributed by atoms with Gasteiger partial charge in [-0.25, -0.2) is 0 Å². The van der Waals surface area contributed by atoms with E-state index in [-0.39, 0.29) is 37.4 Å². The number of carbonyl (C=O) groups is 7. The first-order valence-corrected chi connectivity index (χ1v) is 12.0. The Bertz CT molecular complexity index is 847. The summed E-state index contributed by atoms with van der Waals surface area (Å²) in [7, 11) is 1.41. The second-order valence-electron chi connectivity index (χ2n) is 8.74. The third-order valence-corrected chi connectivity index (χ3v) is 5.82. The summed E-state index contributed by atoms with van der Waals surface area (Å²) in [5, 5.41) is 36.8. The van der Waals surface area contributed by atoms with Crippen molar-refractivity contribution in [3.05, 3.63) is 0 Å². The molecule has 0 heterocycles. The standard InChI is InChI=1S/C23H38N4O10/c1-5-12(2)20(13(3)28)27-23(37)16(8-11-19(33)34)26-22(36)15(7-10-18(31)32)25-21(35)14(24-4)6-9-17(29)30/h12,14-16,20,24H,5-11H2,1-4H3,(H,25,35)(H,26,36)(H,27,37)(H,29,30)(H,31,32)(H,33,34). The lowest BCUT2D eigenvalue weighted by Crippen LogP contribution is -2.57. The number of Topliss-reactive ketones (excluding diaryl/α,β-unsaturated/α-hetero) is 1. The molecule has 0 aromatic heterocycles. The molecular weight excluding hydrogens is 492 g/mol. The topological polar surface area (TPSA) is 228 Å². The quantitative estimate of drug-likeness (QED) is 0.110.